The number of hydrogen-bond acceptors (Lipinski definition) is 4. The average molecular weight is 286 g/mol. The summed E-state index contributed by atoms with van der Waals surface area (Å²) in [7, 11) is 0. The van der Waals surface area contributed by atoms with Crippen molar-refractivity contribution in [3.63, 3.8) is 0 Å². The van der Waals surface area contributed by atoms with Gasteiger partial charge in [0.25, 0.3) is 0 Å². The highest BCUT2D eigenvalue weighted by molar-refractivity contribution is 7.09. The van der Waals surface area contributed by atoms with E-state index in [9.17, 15) is 4.79 Å². The number of benzene rings is 1. The van der Waals surface area contributed by atoms with Crippen molar-refractivity contribution in [1.82, 2.24) is 20.5 Å². The lowest BCUT2D eigenvalue weighted by Gasteiger charge is -2.02. The Hall–Kier alpha value is -2.21. The van der Waals surface area contributed by atoms with Crippen LogP contribution in [0.25, 0.3) is 10.9 Å². The molecule has 3 aromatic rings. The number of rotatable bonds is 4. The Bertz CT molecular complexity index is 746. The molecule has 3 rings (SSSR count). The number of H-pyrrole nitrogens is 1. The second-order valence-electron chi connectivity index (χ2n) is 4.53. The number of hydrogen-bond donors (Lipinski definition) is 2. The molecule has 2 heterocycles. The Kier molecular flexibility index (Phi) is 3.47. The Morgan fingerprint density at radius 1 is 1.40 bits per heavy atom. The Balaban J connectivity index is 1.64. The number of carbonyl (C=O) groups is 1. The number of aryl methyl sites for hydroxylation is 1. The first-order chi connectivity index (χ1) is 9.72. The van der Waals surface area contributed by atoms with E-state index < -0.39 is 0 Å². The number of nitrogens with zero attached hydrogens (tertiary/aromatic N) is 2. The first kappa shape index (κ1) is 12.8. The van der Waals surface area contributed by atoms with E-state index in [1.807, 2.05) is 36.6 Å². The number of aromatic nitrogens is 3. The molecule has 0 atom stereocenters. The highest BCUT2D eigenvalue weighted by atomic mass is 32.1. The lowest BCUT2D eigenvalue weighted by molar-refractivity contribution is -0.120. The molecule has 0 spiro atoms. The van der Waals surface area contributed by atoms with Gasteiger partial charge in [0.1, 0.15) is 0 Å². The maximum Gasteiger partial charge on any atom is 0.226 e. The molecule has 0 aliphatic heterocycles. The number of amides is 1. The van der Waals surface area contributed by atoms with Crippen LogP contribution in [0.15, 0.2) is 29.6 Å². The van der Waals surface area contributed by atoms with Crippen molar-refractivity contribution in [3.05, 3.63) is 46.0 Å². The first-order valence-electron chi connectivity index (χ1n) is 6.32. The minimum atomic E-state index is -0.0370. The third-order valence-corrected chi connectivity index (χ3v) is 3.83. The fourth-order valence-electron chi connectivity index (χ4n) is 2.05. The molecule has 5 nitrogen and oxygen atoms in total. The Morgan fingerprint density at radius 2 is 2.25 bits per heavy atom. The van der Waals surface area contributed by atoms with E-state index in [-0.39, 0.29) is 5.91 Å². The molecule has 0 saturated carbocycles. The molecule has 1 aromatic carbocycles. The molecular formula is C14H14N4OS. The van der Waals surface area contributed by atoms with Gasteiger partial charge in [-0.3, -0.25) is 9.89 Å². The smallest absolute Gasteiger partial charge is 0.226 e. The number of aromatic amines is 1. The fraction of sp³-hybridized carbons (Fsp3) is 0.214. The molecule has 6 heteroatoms. The SMILES string of the molecule is Cc1nc(CNC(=O)Cc2[nH]nc3ccccc23)cs1. The lowest BCUT2D eigenvalue weighted by atomic mass is 10.1. The van der Waals surface area contributed by atoms with E-state index in [4.69, 9.17) is 0 Å². The van der Waals surface area contributed by atoms with Gasteiger partial charge in [-0.1, -0.05) is 18.2 Å². The van der Waals surface area contributed by atoms with E-state index in [1.165, 1.54) is 0 Å². The van der Waals surface area contributed by atoms with Gasteiger partial charge >= 0.3 is 0 Å². The fourth-order valence-corrected chi connectivity index (χ4v) is 2.66. The van der Waals surface area contributed by atoms with Gasteiger partial charge in [0, 0.05) is 10.8 Å². The number of para-hydroxylation sites is 1. The van der Waals surface area contributed by atoms with Gasteiger partial charge < -0.3 is 5.32 Å². The lowest BCUT2D eigenvalue weighted by Crippen LogP contribution is -2.24. The van der Waals surface area contributed by atoms with Crippen LogP contribution in [0, 0.1) is 6.92 Å². The third-order valence-electron chi connectivity index (χ3n) is 3.01. The quantitative estimate of drug-likeness (QED) is 0.772. The van der Waals surface area contributed by atoms with Crippen LogP contribution in [0.4, 0.5) is 0 Å². The second kappa shape index (κ2) is 5.42. The molecule has 0 bridgehead atoms. The van der Waals surface area contributed by atoms with Crippen molar-refractivity contribution in [3.8, 4) is 0 Å². The molecule has 0 fully saturated rings. The van der Waals surface area contributed by atoms with Crippen molar-refractivity contribution >= 4 is 28.1 Å². The van der Waals surface area contributed by atoms with Crippen LogP contribution >= 0.6 is 11.3 Å². The van der Waals surface area contributed by atoms with Crippen LogP contribution in [0.3, 0.4) is 0 Å². The molecule has 0 aliphatic carbocycles. The van der Waals surface area contributed by atoms with Gasteiger partial charge in [-0.2, -0.15) is 5.10 Å². The van der Waals surface area contributed by atoms with Gasteiger partial charge in [0.15, 0.2) is 0 Å². The van der Waals surface area contributed by atoms with Gasteiger partial charge in [0.2, 0.25) is 5.91 Å². The Morgan fingerprint density at radius 3 is 3.05 bits per heavy atom. The van der Waals surface area contributed by atoms with E-state index in [2.05, 4.69) is 20.5 Å². The van der Waals surface area contributed by atoms with Crippen LogP contribution in [-0.4, -0.2) is 21.1 Å². The maximum atomic E-state index is 12.0. The van der Waals surface area contributed by atoms with Gasteiger partial charge in [-0.05, 0) is 13.0 Å². The first-order valence-corrected chi connectivity index (χ1v) is 7.20. The molecule has 20 heavy (non-hydrogen) atoms. The third kappa shape index (κ3) is 2.70. The molecule has 102 valence electrons. The predicted octanol–water partition coefficient (Wildman–Crippen LogP) is 2.19. The summed E-state index contributed by atoms with van der Waals surface area (Å²) in [5.74, 6) is -0.0370. The van der Waals surface area contributed by atoms with Crippen molar-refractivity contribution in [2.24, 2.45) is 0 Å². The topological polar surface area (TPSA) is 70.7 Å². The van der Waals surface area contributed by atoms with Gasteiger partial charge in [0.05, 0.1) is 34.9 Å². The van der Waals surface area contributed by atoms with Crippen LogP contribution in [-0.2, 0) is 17.8 Å². The van der Waals surface area contributed by atoms with Crippen LogP contribution in [0.2, 0.25) is 0 Å². The van der Waals surface area contributed by atoms with Crippen molar-refractivity contribution < 1.29 is 4.79 Å². The monoisotopic (exact) mass is 286 g/mol. The minimum absolute atomic E-state index is 0.0370. The van der Waals surface area contributed by atoms with Crippen LogP contribution in [0.5, 0.6) is 0 Å². The summed E-state index contributed by atoms with van der Waals surface area (Å²) < 4.78 is 0. The molecule has 0 unspecified atom stereocenters. The van der Waals surface area contributed by atoms with E-state index >= 15 is 0 Å². The van der Waals surface area contributed by atoms with Crippen LogP contribution < -0.4 is 5.32 Å². The standard InChI is InChI=1S/C14H14N4OS/c1-9-16-10(8-20-9)7-15-14(19)6-13-11-4-2-3-5-12(11)17-18-13/h2-5,8H,6-7H2,1H3,(H,15,19)(H,17,18). The summed E-state index contributed by atoms with van der Waals surface area (Å²) in [5, 5.41) is 13.9. The molecule has 0 radical (unpaired) electrons. The van der Waals surface area contributed by atoms with Crippen molar-refractivity contribution in [1.29, 1.82) is 0 Å². The molecule has 0 saturated heterocycles. The number of nitrogens with one attached hydrogen (secondary N) is 2. The molecule has 1 amide bonds. The Labute approximate surface area is 120 Å². The predicted molar refractivity (Wildman–Crippen MR) is 78.5 cm³/mol. The number of carbonyl (C=O) groups excluding carboxylic acids is 1. The molecule has 2 N–H and O–H groups in total. The zero-order valence-electron chi connectivity index (χ0n) is 11.0. The summed E-state index contributed by atoms with van der Waals surface area (Å²) in [6.45, 7) is 2.42. The van der Waals surface area contributed by atoms with E-state index in [0.29, 0.717) is 13.0 Å². The highest BCUT2D eigenvalue weighted by Gasteiger charge is 2.09. The van der Waals surface area contributed by atoms with Gasteiger partial charge in [-0.25, -0.2) is 4.98 Å². The summed E-state index contributed by atoms with van der Waals surface area (Å²) in [6.07, 6.45) is 0.295. The largest absolute Gasteiger partial charge is 0.350 e. The van der Waals surface area contributed by atoms with Crippen molar-refractivity contribution in [2.75, 3.05) is 0 Å². The maximum absolute atomic E-state index is 12.0. The van der Waals surface area contributed by atoms with Crippen molar-refractivity contribution in [2.45, 2.75) is 19.9 Å². The van der Waals surface area contributed by atoms with Gasteiger partial charge in [-0.15, -0.1) is 11.3 Å². The highest BCUT2D eigenvalue weighted by Crippen LogP contribution is 2.15. The summed E-state index contributed by atoms with van der Waals surface area (Å²) in [6, 6.07) is 7.76. The summed E-state index contributed by atoms with van der Waals surface area (Å²) in [5.41, 5.74) is 2.62. The molecule has 2 aromatic heterocycles. The normalized spacial score (nSPS) is 10.8. The minimum Gasteiger partial charge on any atom is -0.350 e. The average Bonchev–Trinajstić information content (AvgIpc) is 3.04. The van der Waals surface area contributed by atoms with E-state index in [0.717, 1.165) is 27.3 Å². The zero-order chi connectivity index (χ0) is 13.9. The molecule has 0 aliphatic rings. The van der Waals surface area contributed by atoms with Crippen LogP contribution in [0.1, 0.15) is 16.4 Å². The van der Waals surface area contributed by atoms with E-state index in [1.54, 1.807) is 11.3 Å². The molecular weight excluding hydrogens is 272 g/mol. The number of thiazole rings is 1. The zero-order valence-corrected chi connectivity index (χ0v) is 11.8. The number of fused-ring (bicyclic) bond motifs is 1. The summed E-state index contributed by atoms with van der Waals surface area (Å²) in [4.78, 5) is 16.3. The summed E-state index contributed by atoms with van der Waals surface area (Å²) >= 11 is 1.58. The second-order valence-corrected chi connectivity index (χ2v) is 5.59.